The van der Waals surface area contributed by atoms with Crippen LogP contribution in [0.3, 0.4) is 0 Å². The Balaban J connectivity index is 2.77. The molecule has 6 nitrogen and oxygen atoms in total. The molecule has 0 heterocycles. The van der Waals surface area contributed by atoms with Gasteiger partial charge >= 0.3 is 0 Å². The van der Waals surface area contributed by atoms with Gasteiger partial charge in [0, 0.05) is 18.2 Å². The second-order valence-electron chi connectivity index (χ2n) is 4.79. The molecular weight excluding hydrogens is 308 g/mol. The third-order valence-electron chi connectivity index (χ3n) is 3.09. The molecule has 1 unspecified atom stereocenters. The Kier molecular flexibility index (Phi) is 6.98. The lowest BCUT2D eigenvalue weighted by atomic mass is 10.2. The number of amides is 2. The van der Waals surface area contributed by atoms with Gasteiger partial charge in [-0.1, -0.05) is 18.5 Å². The Bertz CT molecular complexity index is 549. The summed E-state index contributed by atoms with van der Waals surface area (Å²) >= 11 is 5.99. The maximum absolute atomic E-state index is 11.9. The van der Waals surface area contributed by atoms with Crippen LogP contribution < -0.4 is 20.1 Å². The molecule has 0 aliphatic carbocycles. The number of halogens is 1. The zero-order valence-electron chi connectivity index (χ0n) is 13.2. The number of anilines is 1. The van der Waals surface area contributed by atoms with Gasteiger partial charge in [0.05, 0.1) is 24.9 Å². The van der Waals surface area contributed by atoms with Crippen LogP contribution in [0.1, 0.15) is 26.7 Å². The molecule has 2 N–H and O–H groups in total. The number of hydrogen-bond donors (Lipinski definition) is 2. The van der Waals surface area contributed by atoms with Crippen LogP contribution in [0.4, 0.5) is 5.69 Å². The molecular formula is C15H21ClN2O4. The Morgan fingerprint density at radius 1 is 1.18 bits per heavy atom. The van der Waals surface area contributed by atoms with E-state index in [4.69, 9.17) is 21.1 Å². The summed E-state index contributed by atoms with van der Waals surface area (Å²) in [6.45, 7) is 3.83. The molecule has 1 aromatic carbocycles. The second-order valence-corrected chi connectivity index (χ2v) is 5.20. The summed E-state index contributed by atoms with van der Waals surface area (Å²) in [4.78, 5) is 23.6. The lowest BCUT2D eigenvalue weighted by Crippen LogP contribution is -2.34. The molecule has 1 aromatic rings. The number of methoxy groups -OCH3 is 2. The SMILES string of the molecule is CCC(C)NC(=O)CC(=O)Nc1cc(OC)c(Cl)cc1OC. The minimum Gasteiger partial charge on any atom is -0.495 e. The van der Waals surface area contributed by atoms with Crippen LogP contribution in [0.5, 0.6) is 11.5 Å². The van der Waals surface area contributed by atoms with Gasteiger partial charge in [0.1, 0.15) is 17.9 Å². The molecule has 1 atom stereocenters. The molecule has 0 aromatic heterocycles. The van der Waals surface area contributed by atoms with Crippen molar-refractivity contribution in [3.63, 3.8) is 0 Å². The molecule has 0 aliphatic rings. The summed E-state index contributed by atoms with van der Waals surface area (Å²) in [7, 11) is 2.93. The van der Waals surface area contributed by atoms with Crippen molar-refractivity contribution in [1.29, 1.82) is 0 Å². The lowest BCUT2D eigenvalue weighted by molar-refractivity contribution is -0.127. The predicted molar refractivity (Wildman–Crippen MR) is 85.7 cm³/mol. The number of nitrogens with one attached hydrogen (secondary N) is 2. The fourth-order valence-electron chi connectivity index (χ4n) is 1.73. The Labute approximate surface area is 135 Å². The third kappa shape index (κ3) is 5.11. The van der Waals surface area contributed by atoms with Gasteiger partial charge < -0.3 is 20.1 Å². The third-order valence-corrected chi connectivity index (χ3v) is 3.38. The topological polar surface area (TPSA) is 76.7 Å². The zero-order chi connectivity index (χ0) is 16.7. The highest BCUT2D eigenvalue weighted by molar-refractivity contribution is 6.32. The molecule has 0 aliphatic heterocycles. The van der Waals surface area contributed by atoms with Gasteiger partial charge in [0.2, 0.25) is 11.8 Å². The van der Waals surface area contributed by atoms with Gasteiger partial charge in [-0.05, 0) is 13.3 Å². The number of benzene rings is 1. The van der Waals surface area contributed by atoms with E-state index in [1.807, 2.05) is 13.8 Å². The molecule has 2 amide bonds. The van der Waals surface area contributed by atoms with Gasteiger partial charge in [0.25, 0.3) is 0 Å². The number of ether oxygens (including phenoxy) is 2. The first kappa shape index (κ1) is 18.1. The normalized spacial score (nSPS) is 11.5. The first-order valence-electron chi connectivity index (χ1n) is 6.92. The van der Waals surface area contributed by atoms with Crippen molar-refractivity contribution in [1.82, 2.24) is 5.32 Å². The molecule has 0 fully saturated rings. The average molecular weight is 329 g/mol. The van der Waals surface area contributed by atoms with Crippen molar-refractivity contribution >= 4 is 29.1 Å². The summed E-state index contributed by atoms with van der Waals surface area (Å²) in [5.41, 5.74) is 0.394. The van der Waals surface area contributed by atoms with E-state index in [9.17, 15) is 9.59 Å². The van der Waals surface area contributed by atoms with Crippen LogP contribution >= 0.6 is 11.6 Å². The van der Waals surface area contributed by atoms with Gasteiger partial charge in [-0.2, -0.15) is 0 Å². The van der Waals surface area contributed by atoms with Crippen molar-refractivity contribution in [2.45, 2.75) is 32.7 Å². The van der Waals surface area contributed by atoms with Crippen molar-refractivity contribution in [2.24, 2.45) is 0 Å². The number of carbonyl (C=O) groups is 2. The molecule has 22 heavy (non-hydrogen) atoms. The van der Waals surface area contributed by atoms with Crippen molar-refractivity contribution in [3.8, 4) is 11.5 Å². The van der Waals surface area contributed by atoms with Crippen LogP contribution in [-0.4, -0.2) is 32.1 Å². The van der Waals surface area contributed by atoms with E-state index in [0.717, 1.165) is 6.42 Å². The molecule has 122 valence electrons. The molecule has 7 heteroatoms. The van der Waals surface area contributed by atoms with Crippen LogP contribution in [0.2, 0.25) is 5.02 Å². The first-order chi connectivity index (χ1) is 10.4. The van der Waals surface area contributed by atoms with Gasteiger partial charge in [0.15, 0.2) is 0 Å². The summed E-state index contributed by atoms with van der Waals surface area (Å²) in [6, 6.07) is 3.12. The van der Waals surface area contributed by atoms with Crippen molar-refractivity contribution in [2.75, 3.05) is 19.5 Å². The summed E-state index contributed by atoms with van der Waals surface area (Å²) in [6.07, 6.45) is 0.536. The minimum absolute atomic E-state index is 0.0328. The van der Waals surface area contributed by atoms with E-state index in [1.165, 1.54) is 20.3 Å². The molecule has 0 spiro atoms. The Hall–Kier alpha value is -1.95. The smallest absolute Gasteiger partial charge is 0.233 e. The van der Waals surface area contributed by atoms with Gasteiger partial charge in [-0.3, -0.25) is 9.59 Å². The Morgan fingerprint density at radius 2 is 1.82 bits per heavy atom. The van der Waals surface area contributed by atoms with Crippen LogP contribution in [0.15, 0.2) is 12.1 Å². The van der Waals surface area contributed by atoms with Crippen molar-refractivity contribution < 1.29 is 19.1 Å². The van der Waals surface area contributed by atoms with E-state index < -0.39 is 5.91 Å². The average Bonchev–Trinajstić information content (AvgIpc) is 2.47. The second kappa shape index (κ2) is 8.48. The fraction of sp³-hybridized carbons (Fsp3) is 0.467. The molecule has 0 saturated carbocycles. The van der Waals surface area contributed by atoms with E-state index in [2.05, 4.69) is 10.6 Å². The number of carbonyl (C=O) groups excluding carboxylic acids is 2. The number of rotatable bonds is 7. The summed E-state index contributed by atoms with van der Waals surface area (Å²) in [5, 5.41) is 5.72. The minimum atomic E-state index is -0.441. The van der Waals surface area contributed by atoms with Crippen LogP contribution in [-0.2, 0) is 9.59 Å². The van der Waals surface area contributed by atoms with E-state index in [-0.39, 0.29) is 18.4 Å². The molecule has 0 radical (unpaired) electrons. The predicted octanol–water partition coefficient (Wildman–Crippen LogP) is 2.60. The van der Waals surface area contributed by atoms with E-state index in [0.29, 0.717) is 22.2 Å². The van der Waals surface area contributed by atoms with E-state index >= 15 is 0 Å². The molecule has 1 rings (SSSR count). The Morgan fingerprint density at radius 3 is 2.36 bits per heavy atom. The standard InChI is InChI=1S/C15H21ClN2O4/c1-5-9(2)17-14(19)8-15(20)18-11-7-12(21-3)10(16)6-13(11)22-4/h6-7,9H,5,8H2,1-4H3,(H,17,19)(H,18,20). The molecule has 0 bridgehead atoms. The highest BCUT2D eigenvalue weighted by Crippen LogP contribution is 2.35. The maximum atomic E-state index is 11.9. The van der Waals surface area contributed by atoms with Crippen molar-refractivity contribution in [3.05, 3.63) is 17.2 Å². The maximum Gasteiger partial charge on any atom is 0.233 e. The zero-order valence-corrected chi connectivity index (χ0v) is 13.9. The number of hydrogen-bond acceptors (Lipinski definition) is 4. The van der Waals surface area contributed by atoms with Gasteiger partial charge in [-0.25, -0.2) is 0 Å². The summed E-state index contributed by atoms with van der Waals surface area (Å²) in [5.74, 6) is 0.0264. The quantitative estimate of drug-likeness (QED) is 0.754. The molecule has 0 saturated heterocycles. The lowest BCUT2D eigenvalue weighted by Gasteiger charge is -2.14. The van der Waals surface area contributed by atoms with E-state index in [1.54, 1.807) is 6.07 Å². The monoisotopic (exact) mass is 328 g/mol. The fourth-order valence-corrected chi connectivity index (χ4v) is 1.96. The van der Waals surface area contributed by atoms with Crippen LogP contribution in [0, 0.1) is 0 Å². The summed E-state index contributed by atoms with van der Waals surface area (Å²) < 4.78 is 10.3. The highest BCUT2D eigenvalue weighted by atomic mass is 35.5. The largest absolute Gasteiger partial charge is 0.495 e. The first-order valence-corrected chi connectivity index (χ1v) is 7.29. The van der Waals surface area contributed by atoms with Gasteiger partial charge in [-0.15, -0.1) is 0 Å². The highest BCUT2D eigenvalue weighted by Gasteiger charge is 2.15. The van der Waals surface area contributed by atoms with Crippen LogP contribution in [0.25, 0.3) is 0 Å².